The molecular formula is C12H14N2O. The molecule has 0 fully saturated rings. The van der Waals surface area contributed by atoms with E-state index in [1.165, 1.54) is 5.56 Å². The zero-order valence-electron chi connectivity index (χ0n) is 9.03. The van der Waals surface area contributed by atoms with Crippen LogP contribution in [0.25, 0.3) is 0 Å². The van der Waals surface area contributed by atoms with Crippen molar-refractivity contribution >= 4 is 0 Å². The third-order valence-corrected chi connectivity index (χ3v) is 2.86. The first kappa shape index (κ1) is 10.1. The Hall–Kier alpha value is -1.40. The van der Waals surface area contributed by atoms with Crippen molar-refractivity contribution in [1.29, 1.82) is 5.26 Å². The lowest BCUT2D eigenvalue weighted by molar-refractivity contribution is 0.0761. The second kappa shape index (κ2) is 4.00. The van der Waals surface area contributed by atoms with Crippen LogP contribution >= 0.6 is 0 Å². The Morgan fingerprint density at radius 1 is 1.53 bits per heavy atom. The first-order chi connectivity index (χ1) is 7.22. The van der Waals surface area contributed by atoms with Crippen LogP contribution in [0.1, 0.15) is 36.7 Å². The molecule has 1 aliphatic rings. The number of pyridine rings is 1. The number of nitrogens with zero attached hydrogens (tertiary/aromatic N) is 2. The fraction of sp³-hybridized carbons (Fsp3) is 0.500. The monoisotopic (exact) mass is 202 g/mol. The quantitative estimate of drug-likeness (QED) is 0.701. The van der Waals surface area contributed by atoms with Crippen LogP contribution in [-0.2, 0) is 11.3 Å². The molecule has 3 nitrogen and oxygen atoms in total. The number of rotatable bonds is 1. The maximum absolute atomic E-state index is 8.76. The van der Waals surface area contributed by atoms with Crippen molar-refractivity contribution in [1.82, 2.24) is 4.98 Å². The minimum absolute atomic E-state index is 0.411. The second-order valence-electron chi connectivity index (χ2n) is 4.21. The fourth-order valence-corrected chi connectivity index (χ4v) is 1.95. The van der Waals surface area contributed by atoms with E-state index in [2.05, 4.69) is 24.9 Å². The van der Waals surface area contributed by atoms with Gasteiger partial charge in [-0.1, -0.05) is 19.9 Å². The zero-order valence-corrected chi connectivity index (χ0v) is 9.03. The van der Waals surface area contributed by atoms with Crippen LogP contribution in [0.5, 0.6) is 0 Å². The van der Waals surface area contributed by atoms with Gasteiger partial charge in [0.1, 0.15) is 11.8 Å². The van der Waals surface area contributed by atoms with E-state index in [1.54, 1.807) is 6.07 Å². The van der Waals surface area contributed by atoms with Crippen LogP contribution in [-0.4, -0.2) is 11.6 Å². The number of nitriles is 1. The highest BCUT2D eigenvalue weighted by molar-refractivity contribution is 5.32. The van der Waals surface area contributed by atoms with Gasteiger partial charge in [-0.25, -0.2) is 4.98 Å². The van der Waals surface area contributed by atoms with Crippen LogP contribution in [0.4, 0.5) is 0 Å². The molecule has 1 unspecified atom stereocenters. The molecule has 0 saturated carbocycles. The molecular weight excluding hydrogens is 188 g/mol. The maximum atomic E-state index is 8.76. The van der Waals surface area contributed by atoms with Crippen molar-refractivity contribution in [2.75, 3.05) is 6.61 Å². The molecule has 0 aromatic carbocycles. The molecule has 0 saturated heterocycles. The third-order valence-electron chi connectivity index (χ3n) is 2.86. The standard InChI is InChI=1S/C12H14N2O/c1-8(2)11-6-15-7-12-10(11)4-3-9(5-13)14-12/h3-4,8,11H,6-7H2,1-2H3. The van der Waals surface area contributed by atoms with Gasteiger partial charge in [-0.15, -0.1) is 0 Å². The van der Waals surface area contributed by atoms with Crippen molar-refractivity contribution in [2.24, 2.45) is 5.92 Å². The Kier molecular flexibility index (Phi) is 2.70. The molecule has 0 bridgehead atoms. The Morgan fingerprint density at radius 2 is 2.33 bits per heavy atom. The molecule has 1 aliphatic heterocycles. The highest BCUT2D eigenvalue weighted by atomic mass is 16.5. The van der Waals surface area contributed by atoms with Gasteiger partial charge in [-0.3, -0.25) is 0 Å². The van der Waals surface area contributed by atoms with Crippen LogP contribution in [0.15, 0.2) is 12.1 Å². The van der Waals surface area contributed by atoms with Crippen LogP contribution < -0.4 is 0 Å². The van der Waals surface area contributed by atoms with E-state index in [4.69, 9.17) is 10.00 Å². The minimum Gasteiger partial charge on any atom is -0.375 e. The van der Waals surface area contributed by atoms with Gasteiger partial charge >= 0.3 is 0 Å². The van der Waals surface area contributed by atoms with Gasteiger partial charge in [0, 0.05) is 5.92 Å². The third kappa shape index (κ3) is 1.86. The summed E-state index contributed by atoms with van der Waals surface area (Å²) >= 11 is 0. The molecule has 3 heteroatoms. The lowest BCUT2D eigenvalue weighted by atomic mass is 9.87. The largest absolute Gasteiger partial charge is 0.375 e. The number of ether oxygens (including phenoxy) is 1. The summed E-state index contributed by atoms with van der Waals surface area (Å²) < 4.78 is 5.50. The number of aromatic nitrogens is 1. The summed E-state index contributed by atoms with van der Waals surface area (Å²) in [6.07, 6.45) is 0. The SMILES string of the molecule is CC(C)C1COCc2nc(C#N)ccc21. The average Bonchev–Trinajstić information content (AvgIpc) is 2.27. The predicted molar refractivity (Wildman–Crippen MR) is 56.2 cm³/mol. The molecule has 1 aromatic rings. The molecule has 0 radical (unpaired) electrons. The molecule has 78 valence electrons. The molecule has 0 spiro atoms. The van der Waals surface area contributed by atoms with Crippen LogP contribution in [0.2, 0.25) is 0 Å². The highest BCUT2D eigenvalue weighted by Gasteiger charge is 2.24. The van der Waals surface area contributed by atoms with Crippen molar-refractivity contribution in [2.45, 2.75) is 26.4 Å². The Labute approximate surface area is 89.7 Å². The van der Waals surface area contributed by atoms with Crippen LogP contribution in [0.3, 0.4) is 0 Å². The second-order valence-corrected chi connectivity index (χ2v) is 4.21. The first-order valence-corrected chi connectivity index (χ1v) is 5.20. The molecule has 1 atom stereocenters. The average molecular weight is 202 g/mol. The number of fused-ring (bicyclic) bond motifs is 1. The first-order valence-electron chi connectivity index (χ1n) is 5.20. The Morgan fingerprint density at radius 3 is 3.00 bits per heavy atom. The number of hydrogen-bond acceptors (Lipinski definition) is 3. The van der Waals surface area contributed by atoms with Gasteiger partial charge in [0.25, 0.3) is 0 Å². The van der Waals surface area contributed by atoms with Crippen molar-refractivity contribution < 1.29 is 4.74 Å². The van der Waals surface area contributed by atoms with Gasteiger partial charge in [0.2, 0.25) is 0 Å². The van der Waals surface area contributed by atoms with E-state index in [0.29, 0.717) is 24.1 Å². The van der Waals surface area contributed by atoms with E-state index in [1.807, 2.05) is 6.07 Å². The molecule has 0 amide bonds. The van der Waals surface area contributed by atoms with Crippen LogP contribution in [0, 0.1) is 17.2 Å². The molecule has 0 N–H and O–H groups in total. The maximum Gasteiger partial charge on any atom is 0.140 e. The Balaban J connectivity index is 2.41. The summed E-state index contributed by atoms with van der Waals surface area (Å²) in [6, 6.07) is 5.87. The summed E-state index contributed by atoms with van der Waals surface area (Å²) in [5.41, 5.74) is 2.65. The van der Waals surface area contributed by atoms with Gasteiger partial charge in [0.15, 0.2) is 0 Å². The summed E-state index contributed by atoms with van der Waals surface area (Å²) in [7, 11) is 0. The van der Waals surface area contributed by atoms with Crippen molar-refractivity contribution in [3.8, 4) is 6.07 Å². The minimum atomic E-state index is 0.411. The predicted octanol–water partition coefficient (Wildman–Crippen LogP) is 2.22. The lowest BCUT2D eigenvalue weighted by Crippen LogP contribution is -2.22. The summed E-state index contributed by atoms with van der Waals surface area (Å²) in [5.74, 6) is 0.952. The molecule has 2 heterocycles. The van der Waals surface area contributed by atoms with Crippen molar-refractivity contribution in [3.05, 3.63) is 29.1 Å². The number of hydrogen-bond donors (Lipinski definition) is 0. The van der Waals surface area contributed by atoms with Gasteiger partial charge in [0.05, 0.1) is 18.9 Å². The fourth-order valence-electron chi connectivity index (χ4n) is 1.95. The summed E-state index contributed by atoms with van der Waals surface area (Å²) in [5, 5.41) is 8.76. The van der Waals surface area contributed by atoms with E-state index < -0.39 is 0 Å². The zero-order chi connectivity index (χ0) is 10.8. The Bertz CT molecular complexity index is 407. The normalized spacial score (nSPS) is 19.7. The highest BCUT2D eigenvalue weighted by Crippen LogP contribution is 2.31. The summed E-state index contributed by atoms with van der Waals surface area (Å²) in [6.45, 7) is 5.66. The topological polar surface area (TPSA) is 45.9 Å². The molecule has 2 rings (SSSR count). The lowest BCUT2D eigenvalue weighted by Gasteiger charge is -2.27. The molecule has 0 aliphatic carbocycles. The molecule has 1 aromatic heterocycles. The van der Waals surface area contributed by atoms with E-state index in [-0.39, 0.29) is 0 Å². The van der Waals surface area contributed by atoms with E-state index >= 15 is 0 Å². The van der Waals surface area contributed by atoms with Gasteiger partial charge in [-0.2, -0.15) is 5.26 Å². The van der Waals surface area contributed by atoms with Gasteiger partial charge < -0.3 is 4.74 Å². The van der Waals surface area contributed by atoms with E-state index in [9.17, 15) is 0 Å². The molecule has 15 heavy (non-hydrogen) atoms. The smallest absolute Gasteiger partial charge is 0.140 e. The van der Waals surface area contributed by atoms with Crippen molar-refractivity contribution in [3.63, 3.8) is 0 Å². The van der Waals surface area contributed by atoms with E-state index in [0.717, 1.165) is 12.3 Å². The summed E-state index contributed by atoms with van der Waals surface area (Å²) in [4.78, 5) is 4.28. The van der Waals surface area contributed by atoms with Gasteiger partial charge in [-0.05, 0) is 17.5 Å².